The maximum Gasteiger partial charge on any atom is 0.288 e. The molecule has 0 aliphatic heterocycles. The van der Waals surface area contributed by atoms with Crippen LogP contribution in [0.3, 0.4) is 0 Å². The highest BCUT2D eigenvalue weighted by Crippen LogP contribution is 2.09. The van der Waals surface area contributed by atoms with Gasteiger partial charge >= 0.3 is 0 Å². The van der Waals surface area contributed by atoms with Crippen LogP contribution < -0.4 is 11.1 Å². The summed E-state index contributed by atoms with van der Waals surface area (Å²) < 4.78 is 0. The Bertz CT molecular complexity index is 315. The van der Waals surface area contributed by atoms with Gasteiger partial charge in [-0.3, -0.25) is 14.4 Å². The van der Waals surface area contributed by atoms with E-state index < -0.39 is 23.6 Å². The minimum atomic E-state index is -0.775. The molecule has 1 unspecified atom stereocenters. The summed E-state index contributed by atoms with van der Waals surface area (Å²) >= 11 is 0. The summed E-state index contributed by atoms with van der Waals surface area (Å²) in [6, 6.07) is -0.775. The van der Waals surface area contributed by atoms with Crippen LogP contribution in [0.1, 0.15) is 47.0 Å². The van der Waals surface area contributed by atoms with E-state index in [1.807, 2.05) is 27.7 Å². The predicted molar refractivity (Wildman–Crippen MR) is 69.7 cm³/mol. The molecule has 0 spiro atoms. The smallest absolute Gasteiger partial charge is 0.288 e. The molecule has 3 atom stereocenters. The second-order valence-electron chi connectivity index (χ2n) is 4.88. The van der Waals surface area contributed by atoms with Gasteiger partial charge in [-0.05, 0) is 11.8 Å². The molecule has 0 bridgehead atoms. The van der Waals surface area contributed by atoms with Gasteiger partial charge in [0.25, 0.3) is 5.91 Å². The normalized spacial score (nSPS) is 15.6. The maximum absolute atomic E-state index is 11.7. The zero-order valence-corrected chi connectivity index (χ0v) is 11.7. The van der Waals surface area contributed by atoms with E-state index in [-0.39, 0.29) is 18.3 Å². The minimum absolute atomic E-state index is 0.0807. The standard InChI is InChI=1S/C13H24N2O3/c1-5-8(3)7-10(16)13(18)15-11(12(14)17)9(4)6-2/h8-9,11H,5-7H2,1-4H3,(H2,14,17)(H,15,18)/t8?,9-,11-/m0/s1. The lowest BCUT2D eigenvalue weighted by molar-refractivity contribution is -0.140. The van der Waals surface area contributed by atoms with Crippen LogP contribution in [0.5, 0.6) is 0 Å². The highest BCUT2D eigenvalue weighted by atomic mass is 16.2. The molecule has 0 aliphatic carbocycles. The third-order valence-electron chi connectivity index (χ3n) is 3.29. The quantitative estimate of drug-likeness (QED) is 0.635. The third-order valence-corrected chi connectivity index (χ3v) is 3.29. The number of rotatable bonds is 8. The van der Waals surface area contributed by atoms with Gasteiger partial charge in [0.1, 0.15) is 6.04 Å². The van der Waals surface area contributed by atoms with E-state index in [0.717, 1.165) is 6.42 Å². The molecule has 3 N–H and O–H groups in total. The van der Waals surface area contributed by atoms with Crippen molar-refractivity contribution < 1.29 is 14.4 Å². The average molecular weight is 256 g/mol. The van der Waals surface area contributed by atoms with Crippen molar-refractivity contribution in [1.82, 2.24) is 5.32 Å². The summed E-state index contributed by atoms with van der Waals surface area (Å²) in [7, 11) is 0. The molecule has 0 saturated carbocycles. The van der Waals surface area contributed by atoms with Crippen LogP contribution in [0.2, 0.25) is 0 Å². The number of primary amides is 1. The van der Waals surface area contributed by atoms with Gasteiger partial charge in [-0.1, -0.05) is 40.5 Å². The number of carbonyl (C=O) groups is 3. The predicted octanol–water partition coefficient (Wildman–Crippen LogP) is 1.01. The summed E-state index contributed by atoms with van der Waals surface area (Å²) in [6.45, 7) is 7.58. The molecule has 2 amide bonds. The number of hydrogen-bond acceptors (Lipinski definition) is 3. The minimum Gasteiger partial charge on any atom is -0.368 e. The Balaban J connectivity index is 4.51. The Kier molecular flexibility index (Phi) is 7.24. The van der Waals surface area contributed by atoms with Gasteiger partial charge in [-0.25, -0.2) is 0 Å². The molecule has 0 fully saturated rings. The molecule has 5 nitrogen and oxygen atoms in total. The number of ketones is 1. The first kappa shape index (κ1) is 16.6. The highest BCUT2D eigenvalue weighted by Gasteiger charge is 2.26. The Morgan fingerprint density at radius 1 is 1.11 bits per heavy atom. The van der Waals surface area contributed by atoms with Crippen LogP contribution in [0, 0.1) is 11.8 Å². The Morgan fingerprint density at radius 3 is 2.06 bits per heavy atom. The van der Waals surface area contributed by atoms with Gasteiger partial charge < -0.3 is 11.1 Å². The van der Waals surface area contributed by atoms with Gasteiger partial charge in [0.05, 0.1) is 0 Å². The second kappa shape index (κ2) is 7.84. The molecule has 0 aromatic heterocycles. The lowest BCUT2D eigenvalue weighted by Crippen LogP contribution is -2.50. The van der Waals surface area contributed by atoms with Crippen molar-refractivity contribution in [3.05, 3.63) is 0 Å². The van der Waals surface area contributed by atoms with Crippen molar-refractivity contribution in [2.75, 3.05) is 0 Å². The number of nitrogens with two attached hydrogens (primary N) is 1. The molecule has 0 saturated heterocycles. The van der Waals surface area contributed by atoms with Crippen molar-refractivity contribution >= 4 is 17.6 Å². The summed E-state index contributed by atoms with van der Waals surface area (Å²) in [6.07, 6.45) is 1.74. The molecule has 5 heteroatoms. The Labute approximate surface area is 108 Å². The molecule has 0 radical (unpaired) electrons. The molecular weight excluding hydrogens is 232 g/mol. The van der Waals surface area contributed by atoms with E-state index >= 15 is 0 Å². The van der Waals surface area contributed by atoms with Gasteiger partial charge in [0.2, 0.25) is 11.7 Å². The summed E-state index contributed by atoms with van der Waals surface area (Å²) in [4.78, 5) is 34.5. The fourth-order valence-corrected chi connectivity index (χ4v) is 1.50. The summed E-state index contributed by atoms with van der Waals surface area (Å²) in [5.74, 6) is -1.71. The van der Waals surface area contributed by atoms with Crippen LogP contribution in [0.4, 0.5) is 0 Å². The molecule has 0 aliphatic rings. The summed E-state index contributed by atoms with van der Waals surface area (Å²) in [5.41, 5.74) is 5.22. The van der Waals surface area contributed by atoms with E-state index in [2.05, 4.69) is 5.32 Å². The number of carbonyl (C=O) groups excluding carboxylic acids is 3. The second-order valence-corrected chi connectivity index (χ2v) is 4.88. The van der Waals surface area contributed by atoms with Crippen LogP contribution in [-0.4, -0.2) is 23.6 Å². The fraction of sp³-hybridized carbons (Fsp3) is 0.769. The Morgan fingerprint density at radius 2 is 1.67 bits per heavy atom. The van der Waals surface area contributed by atoms with Crippen LogP contribution >= 0.6 is 0 Å². The van der Waals surface area contributed by atoms with E-state index in [4.69, 9.17) is 5.73 Å². The van der Waals surface area contributed by atoms with Crippen LogP contribution in [0.15, 0.2) is 0 Å². The number of Topliss-reactive ketones (excluding diaryl/α,β-unsaturated/α-hetero) is 1. The van der Waals surface area contributed by atoms with Gasteiger partial charge in [0.15, 0.2) is 0 Å². The lowest BCUT2D eigenvalue weighted by Gasteiger charge is -2.20. The molecular formula is C13H24N2O3. The van der Waals surface area contributed by atoms with Gasteiger partial charge in [0, 0.05) is 6.42 Å². The molecule has 18 heavy (non-hydrogen) atoms. The molecule has 0 aromatic rings. The maximum atomic E-state index is 11.7. The van der Waals surface area contributed by atoms with Crippen molar-refractivity contribution in [3.8, 4) is 0 Å². The summed E-state index contributed by atoms with van der Waals surface area (Å²) in [5, 5.41) is 2.43. The van der Waals surface area contributed by atoms with Crippen molar-refractivity contribution in [3.63, 3.8) is 0 Å². The fourth-order valence-electron chi connectivity index (χ4n) is 1.50. The van der Waals surface area contributed by atoms with Gasteiger partial charge in [-0.2, -0.15) is 0 Å². The topological polar surface area (TPSA) is 89.3 Å². The van der Waals surface area contributed by atoms with Crippen molar-refractivity contribution in [2.24, 2.45) is 17.6 Å². The third kappa shape index (κ3) is 5.29. The van der Waals surface area contributed by atoms with Crippen LogP contribution in [-0.2, 0) is 14.4 Å². The number of amides is 2. The van der Waals surface area contributed by atoms with Gasteiger partial charge in [-0.15, -0.1) is 0 Å². The first-order valence-corrected chi connectivity index (χ1v) is 6.46. The average Bonchev–Trinajstić information content (AvgIpc) is 2.33. The van der Waals surface area contributed by atoms with E-state index in [9.17, 15) is 14.4 Å². The first-order valence-electron chi connectivity index (χ1n) is 6.46. The van der Waals surface area contributed by atoms with E-state index in [1.54, 1.807) is 0 Å². The zero-order valence-electron chi connectivity index (χ0n) is 11.7. The monoisotopic (exact) mass is 256 g/mol. The van der Waals surface area contributed by atoms with E-state index in [0.29, 0.717) is 6.42 Å². The van der Waals surface area contributed by atoms with Crippen LogP contribution in [0.25, 0.3) is 0 Å². The molecule has 0 aromatic carbocycles. The van der Waals surface area contributed by atoms with Crippen molar-refractivity contribution in [2.45, 2.75) is 53.0 Å². The van der Waals surface area contributed by atoms with Crippen molar-refractivity contribution in [1.29, 1.82) is 0 Å². The Hall–Kier alpha value is -1.39. The molecule has 0 rings (SSSR count). The number of nitrogens with one attached hydrogen (secondary N) is 1. The molecule has 0 heterocycles. The van der Waals surface area contributed by atoms with E-state index in [1.165, 1.54) is 0 Å². The largest absolute Gasteiger partial charge is 0.368 e. The first-order chi connectivity index (χ1) is 8.33. The lowest BCUT2D eigenvalue weighted by atomic mass is 9.97. The highest BCUT2D eigenvalue weighted by molar-refractivity contribution is 6.36. The SMILES string of the molecule is CCC(C)CC(=O)C(=O)N[C@H](C(N)=O)[C@@H](C)CC. The zero-order chi connectivity index (χ0) is 14.3. The molecule has 104 valence electrons. The number of hydrogen-bond donors (Lipinski definition) is 2.